The summed E-state index contributed by atoms with van der Waals surface area (Å²) in [4.78, 5) is 7.13. The summed E-state index contributed by atoms with van der Waals surface area (Å²) in [6.07, 6.45) is -1.51. The van der Waals surface area contributed by atoms with Crippen molar-refractivity contribution in [3.63, 3.8) is 0 Å². The number of fused-ring (bicyclic) bond motifs is 1. The number of piperidine rings is 1. The third kappa shape index (κ3) is 4.33. The Hall–Kier alpha value is -1.92. The molecule has 2 heterocycles. The lowest BCUT2D eigenvalue weighted by molar-refractivity contribution is -0.137. The third-order valence-electron chi connectivity index (χ3n) is 5.22. The Labute approximate surface area is 160 Å². The van der Waals surface area contributed by atoms with Gasteiger partial charge in [-0.1, -0.05) is 30.3 Å². The third-order valence-corrected chi connectivity index (χ3v) is 6.42. The Kier molecular flexibility index (Phi) is 5.19. The molecule has 1 aliphatic heterocycles. The van der Waals surface area contributed by atoms with Gasteiger partial charge in [0.05, 0.1) is 20.8 Å². The molecule has 0 bridgehead atoms. The summed E-state index contributed by atoms with van der Waals surface area (Å²) in [5.41, 5.74) is 1.26. The van der Waals surface area contributed by atoms with Crippen molar-refractivity contribution in [1.82, 2.24) is 9.88 Å². The minimum atomic E-state index is -4.27. The van der Waals surface area contributed by atoms with Gasteiger partial charge in [-0.05, 0) is 56.1 Å². The number of thiazole rings is 1. The molecule has 2 aromatic carbocycles. The van der Waals surface area contributed by atoms with Crippen LogP contribution in [0.2, 0.25) is 0 Å². The summed E-state index contributed by atoms with van der Waals surface area (Å²) < 4.78 is 39.7. The van der Waals surface area contributed by atoms with Crippen molar-refractivity contribution >= 4 is 21.6 Å². The fourth-order valence-electron chi connectivity index (χ4n) is 3.66. The summed E-state index contributed by atoms with van der Waals surface area (Å²) >= 11 is 1.78. The lowest BCUT2D eigenvalue weighted by Crippen LogP contribution is -2.34. The number of alkyl halides is 3. The van der Waals surface area contributed by atoms with Crippen LogP contribution in [-0.4, -0.2) is 29.5 Å². The number of halogens is 3. The molecule has 0 aliphatic carbocycles. The van der Waals surface area contributed by atoms with E-state index < -0.39 is 11.7 Å². The molecule has 1 saturated heterocycles. The standard InChI is InChI=1S/C21H21F3N2S/c22-21(23,24)17-5-3-4-15(14-17)8-11-26-12-9-16(10-13-26)20-25-18-6-1-2-7-19(18)27-20/h1-7,14,16H,8-13H2. The van der Waals surface area contributed by atoms with E-state index in [-0.39, 0.29) is 0 Å². The van der Waals surface area contributed by atoms with E-state index in [4.69, 9.17) is 4.98 Å². The number of nitrogens with zero attached hydrogens (tertiary/aromatic N) is 2. The summed E-state index contributed by atoms with van der Waals surface area (Å²) in [5, 5.41) is 1.22. The maximum absolute atomic E-state index is 12.8. The maximum Gasteiger partial charge on any atom is 0.416 e. The Morgan fingerprint density at radius 1 is 1.04 bits per heavy atom. The van der Waals surface area contributed by atoms with Crippen molar-refractivity contribution in [3.05, 3.63) is 64.7 Å². The first kappa shape index (κ1) is 18.4. The molecule has 0 unspecified atom stereocenters. The molecule has 2 nitrogen and oxygen atoms in total. The van der Waals surface area contributed by atoms with Crippen LogP contribution in [0.15, 0.2) is 48.5 Å². The number of benzene rings is 2. The second kappa shape index (κ2) is 7.60. The van der Waals surface area contributed by atoms with Crippen molar-refractivity contribution in [2.75, 3.05) is 19.6 Å². The number of para-hydroxylation sites is 1. The van der Waals surface area contributed by atoms with Gasteiger partial charge in [0.25, 0.3) is 0 Å². The SMILES string of the molecule is FC(F)(F)c1cccc(CCN2CCC(c3nc4ccccc4s3)CC2)c1. The molecule has 3 aromatic rings. The molecule has 4 rings (SSSR count). The Morgan fingerprint density at radius 2 is 1.81 bits per heavy atom. The van der Waals surface area contributed by atoms with Gasteiger partial charge in [-0.25, -0.2) is 4.98 Å². The average Bonchev–Trinajstić information content (AvgIpc) is 3.10. The van der Waals surface area contributed by atoms with Gasteiger partial charge in [0.2, 0.25) is 0 Å². The normalized spacial score (nSPS) is 16.9. The number of aromatic nitrogens is 1. The van der Waals surface area contributed by atoms with Gasteiger partial charge in [0, 0.05) is 12.5 Å². The smallest absolute Gasteiger partial charge is 0.303 e. The van der Waals surface area contributed by atoms with E-state index in [1.807, 2.05) is 12.1 Å². The van der Waals surface area contributed by atoms with Crippen molar-refractivity contribution in [2.45, 2.75) is 31.4 Å². The van der Waals surface area contributed by atoms with Gasteiger partial charge in [-0.3, -0.25) is 0 Å². The maximum atomic E-state index is 12.8. The zero-order chi connectivity index (χ0) is 18.9. The summed E-state index contributed by atoms with van der Waals surface area (Å²) in [6, 6.07) is 13.9. The second-order valence-electron chi connectivity index (χ2n) is 7.08. The zero-order valence-electron chi connectivity index (χ0n) is 14.9. The van der Waals surface area contributed by atoms with E-state index in [0.29, 0.717) is 12.3 Å². The quantitative estimate of drug-likeness (QED) is 0.565. The first-order valence-corrected chi connectivity index (χ1v) is 10.0. The number of likely N-dealkylation sites (tertiary alicyclic amines) is 1. The van der Waals surface area contributed by atoms with Crippen LogP contribution in [0.3, 0.4) is 0 Å². The highest BCUT2D eigenvalue weighted by atomic mass is 32.1. The summed E-state index contributed by atoms with van der Waals surface area (Å²) in [5.74, 6) is 0.493. The number of hydrogen-bond donors (Lipinski definition) is 0. The Bertz CT molecular complexity index is 878. The minimum absolute atomic E-state index is 0.493. The highest BCUT2D eigenvalue weighted by Gasteiger charge is 2.30. The van der Waals surface area contributed by atoms with Gasteiger partial charge >= 0.3 is 6.18 Å². The van der Waals surface area contributed by atoms with Gasteiger partial charge in [0.1, 0.15) is 0 Å². The molecule has 0 radical (unpaired) electrons. The van der Waals surface area contributed by atoms with Crippen molar-refractivity contribution in [3.8, 4) is 0 Å². The molecule has 0 amide bonds. The average molecular weight is 390 g/mol. The first-order valence-electron chi connectivity index (χ1n) is 9.23. The molecule has 6 heteroatoms. The Balaban J connectivity index is 1.32. The molecular weight excluding hydrogens is 369 g/mol. The van der Waals surface area contributed by atoms with E-state index in [9.17, 15) is 13.2 Å². The van der Waals surface area contributed by atoms with Crippen molar-refractivity contribution in [1.29, 1.82) is 0 Å². The highest BCUT2D eigenvalue weighted by Crippen LogP contribution is 2.34. The van der Waals surface area contributed by atoms with Crippen LogP contribution in [0.1, 0.15) is 34.9 Å². The van der Waals surface area contributed by atoms with E-state index in [1.54, 1.807) is 17.4 Å². The lowest BCUT2D eigenvalue weighted by atomic mass is 9.97. The molecule has 0 spiro atoms. The molecule has 142 valence electrons. The highest BCUT2D eigenvalue weighted by molar-refractivity contribution is 7.18. The van der Waals surface area contributed by atoms with Gasteiger partial charge < -0.3 is 4.90 Å². The van der Waals surface area contributed by atoms with Crippen LogP contribution < -0.4 is 0 Å². The fraction of sp³-hybridized carbons (Fsp3) is 0.381. The molecule has 1 aromatic heterocycles. The van der Waals surface area contributed by atoms with Gasteiger partial charge in [-0.15, -0.1) is 11.3 Å². The molecule has 0 N–H and O–H groups in total. The van der Waals surface area contributed by atoms with Crippen LogP contribution in [0, 0.1) is 0 Å². The van der Waals surface area contributed by atoms with Gasteiger partial charge in [-0.2, -0.15) is 13.2 Å². The van der Waals surface area contributed by atoms with Gasteiger partial charge in [0.15, 0.2) is 0 Å². The van der Waals surface area contributed by atoms with E-state index in [1.165, 1.54) is 21.8 Å². The first-order chi connectivity index (χ1) is 13.0. The van der Waals surface area contributed by atoms with Crippen molar-refractivity contribution < 1.29 is 13.2 Å². The van der Waals surface area contributed by atoms with Crippen molar-refractivity contribution in [2.24, 2.45) is 0 Å². The molecule has 27 heavy (non-hydrogen) atoms. The van der Waals surface area contributed by atoms with E-state index in [2.05, 4.69) is 17.0 Å². The lowest BCUT2D eigenvalue weighted by Gasteiger charge is -2.31. The van der Waals surface area contributed by atoms with E-state index >= 15 is 0 Å². The van der Waals surface area contributed by atoms with E-state index in [0.717, 1.165) is 49.6 Å². The van der Waals surface area contributed by atoms with Crippen LogP contribution in [-0.2, 0) is 12.6 Å². The van der Waals surface area contributed by atoms with Crippen LogP contribution >= 0.6 is 11.3 Å². The molecule has 0 saturated carbocycles. The molecule has 0 atom stereocenters. The fourth-order valence-corrected chi connectivity index (χ4v) is 4.80. The number of hydrogen-bond acceptors (Lipinski definition) is 3. The summed E-state index contributed by atoms with van der Waals surface area (Å²) in [7, 11) is 0. The minimum Gasteiger partial charge on any atom is -0.303 e. The van der Waals surface area contributed by atoms with Crippen LogP contribution in [0.25, 0.3) is 10.2 Å². The predicted molar refractivity (Wildman–Crippen MR) is 103 cm³/mol. The molecule has 1 fully saturated rings. The van der Waals surface area contributed by atoms with Crippen LogP contribution in [0.4, 0.5) is 13.2 Å². The topological polar surface area (TPSA) is 16.1 Å². The monoisotopic (exact) mass is 390 g/mol. The summed E-state index contributed by atoms with van der Waals surface area (Å²) in [6.45, 7) is 2.74. The zero-order valence-corrected chi connectivity index (χ0v) is 15.7. The second-order valence-corrected chi connectivity index (χ2v) is 8.15. The predicted octanol–water partition coefficient (Wildman–Crippen LogP) is 5.74. The molecule has 1 aliphatic rings. The van der Waals surface area contributed by atoms with Crippen LogP contribution in [0.5, 0.6) is 0 Å². The number of rotatable bonds is 4. The largest absolute Gasteiger partial charge is 0.416 e. The Morgan fingerprint density at radius 3 is 2.56 bits per heavy atom. The molecular formula is C21H21F3N2S.